The lowest BCUT2D eigenvalue weighted by atomic mass is 10.1. The van der Waals surface area contributed by atoms with E-state index in [0.29, 0.717) is 11.4 Å². The molecule has 0 bridgehead atoms. The predicted molar refractivity (Wildman–Crippen MR) is 118 cm³/mol. The number of anilines is 2. The summed E-state index contributed by atoms with van der Waals surface area (Å²) in [4.78, 5) is 32.8. The van der Waals surface area contributed by atoms with E-state index in [1.165, 1.54) is 18.3 Å². The lowest BCUT2D eigenvalue weighted by Crippen LogP contribution is -2.50. The van der Waals surface area contributed by atoms with Gasteiger partial charge in [-0.3, -0.25) is 19.5 Å². The number of aromatic nitrogens is 1. The van der Waals surface area contributed by atoms with Gasteiger partial charge in [-0.05, 0) is 48.5 Å². The molecule has 0 radical (unpaired) electrons. The van der Waals surface area contributed by atoms with Crippen LogP contribution < -0.4 is 15.5 Å². The number of halogens is 1. The van der Waals surface area contributed by atoms with E-state index in [2.05, 4.69) is 25.4 Å². The first-order valence-electron chi connectivity index (χ1n) is 10.4. The summed E-state index contributed by atoms with van der Waals surface area (Å²) >= 11 is 0. The molecule has 8 nitrogen and oxygen atoms in total. The molecule has 3 heterocycles. The van der Waals surface area contributed by atoms with Crippen LogP contribution in [-0.2, 0) is 9.59 Å². The van der Waals surface area contributed by atoms with Gasteiger partial charge in [-0.2, -0.15) is 0 Å². The molecule has 32 heavy (non-hydrogen) atoms. The van der Waals surface area contributed by atoms with E-state index >= 15 is 0 Å². The number of carbonyl (C=O) groups is 2. The largest absolute Gasteiger partial charge is 0.468 e. The molecule has 166 valence electrons. The third-order valence-electron chi connectivity index (χ3n) is 5.40. The summed E-state index contributed by atoms with van der Waals surface area (Å²) in [5, 5.41) is 5.23. The second kappa shape index (κ2) is 10.1. The molecule has 9 heteroatoms. The molecule has 3 aromatic rings. The number of hydrogen-bond donors (Lipinski definition) is 2. The summed E-state index contributed by atoms with van der Waals surface area (Å²) in [6, 6.07) is 13.2. The van der Waals surface area contributed by atoms with E-state index < -0.39 is 11.8 Å². The first-order valence-corrected chi connectivity index (χ1v) is 10.4. The molecule has 0 spiro atoms. The van der Waals surface area contributed by atoms with Crippen molar-refractivity contribution in [1.29, 1.82) is 0 Å². The van der Waals surface area contributed by atoms with Crippen molar-refractivity contribution >= 4 is 23.2 Å². The fourth-order valence-electron chi connectivity index (χ4n) is 3.73. The maximum Gasteiger partial charge on any atom is 0.313 e. The number of furan rings is 1. The fourth-order valence-corrected chi connectivity index (χ4v) is 3.73. The van der Waals surface area contributed by atoms with Gasteiger partial charge >= 0.3 is 11.8 Å². The van der Waals surface area contributed by atoms with Gasteiger partial charge in [0, 0.05) is 44.6 Å². The van der Waals surface area contributed by atoms with Crippen molar-refractivity contribution in [2.45, 2.75) is 6.04 Å². The van der Waals surface area contributed by atoms with E-state index in [1.807, 2.05) is 6.07 Å². The van der Waals surface area contributed by atoms with E-state index in [1.54, 1.807) is 42.8 Å². The number of piperazine rings is 1. The van der Waals surface area contributed by atoms with E-state index in [4.69, 9.17) is 4.42 Å². The van der Waals surface area contributed by atoms with Crippen LogP contribution in [0.3, 0.4) is 0 Å². The Morgan fingerprint density at radius 3 is 2.47 bits per heavy atom. The van der Waals surface area contributed by atoms with Crippen LogP contribution in [0.15, 0.2) is 71.6 Å². The van der Waals surface area contributed by atoms with Gasteiger partial charge in [0.25, 0.3) is 0 Å². The summed E-state index contributed by atoms with van der Waals surface area (Å²) in [5.74, 6) is -1.02. The second-order valence-corrected chi connectivity index (χ2v) is 7.44. The lowest BCUT2D eigenvalue weighted by molar-refractivity contribution is -0.136. The van der Waals surface area contributed by atoms with Crippen molar-refractivity contribution in [1.82, 2.24) is 15.2 Å². The first-order chi connectivity index (χ1) is 15.6. The standard InChI is InChI=1S/C23H24FN5O3/c24-17-5-7-19(8-6-17)28-10-12-29(13-11-28)20(21-4-2-14-32-21)16-26-22(30)23(31)27-18-3-1-9-25-15-18/h1-9,14-15,20H,10-13,16H2,(H,26,30)(H,27,31). The highest BCUT2D eigenvalue weighted by Crippen LogP contribution is 2.24. The van der Waals surface area contributed by atoms with Gasteiger partial charge in [-0.15, -0.1) is 0 Å². The zero-order valence-electron chi connectivity index (χ0n) is 17.4. The molecule has 1 fully saturated rings. The Labute approximate surface area is 185 Å². The molecule has 1 unspecified atom stereocenters. The molecule has 1 saturated heterocycles. The Balaban J connectivity index is 1.35. The van der Waals surface area contributed by atoms with Crippen LogP contribution in [0, 0.1) is 5.82 Å². The number of rotatable bonds is 6. The van der Waals surface area contributed by atoms with Gasteiger partial charge in [0.05, 0.1) is 24.2 Å². The molecule has 2 aromatic heterocycles. The average molecular weight is 437 g/mol. The van der Waals surface area contributed by atoms with Crippen LogP contribution in [0.5, 0.6) is 0 Å². The van der Waals surface area contributed by atoms with Crippen molar-refractivity contribution in [2.75, 3.05) is 42.9 Å². The molecule has 4 rings (SSSR count). The third kappa shape index (κ3) is 5.30. The smallest absolute Gasteiger partial charge is 0.313 e. The number of hydrogen-bond acceptors (Lipinski definition) is 6. The summed E-state index contributed by atoms with van der Waals surface area (Å²) in [6.07, 6.45) is 4.64. The number of amides is 2. The molecule has 1 atom stereocenters. The topological polar surface area (TPSA) is 90.7 Å². The van der Waals surface area contributed by atoms with E-state index in [0.717, 1.165) is 31.9 Å². The molecule has 2 N–H and O–H groups in total. The SMILES string of the molecule is O=C(NCC(c1ccco1)N1CCN(c2ccc(F)cc2)CC1)C(=O)Nc1cccnc1. The molecule has 1 aromatic carbocycles. The van der Waals surface area contributed by atoms with Crippen LogP contribution in [-0.4, -0.2) is 54.4 Å². The molecule has 2 amide bonds. The predicted octanol–water partition coefficient (Wildman–Crippen LogP) is 2.43. The second-order valence-electron chi connectivity index (χ2n) is 7.44. The Kier molecular flexibility index (Phi) is 6.76. The summed E-state index contributed by atoms with van der Waals surface area (Å²) in [5.41, 5.74) is 1.42. The summed E-state index contributed by atoms with van der Waals surface area (Å²) < 4.78 is 18.8. The van der Waals surface area contributed by atoms with Crippen LogP contribution >= 0.6 is 0 Å². The van der Waals surface area contributed by atoms with Gasteiger partial charge in [-0.1, -0.05) is 0 Å². The highest BCUT2D eigenvalue weighted by Gasteiger charge is 2.28. The Morgan fingerprint density at radius 1 is 1.03 bits per heavy atom. The van der Waals surface area contributed by atoms with Crippen LogP contribution in [0.25, 0.3) is 0 Å². The zero-order chi connectivity index (χ0) is 22.3. The Morgan fingerprint density at radius 2 is 1.81 bits per heavy atom. The lowest BCUT2D eigenvalue weighted by Gasteiger charge is -2.39. The fraction of sp³-hybridized carbons (Fsp3) is 0.261. The average Bonchev–Trinajstić information content (AvgIpc) is 3.35. The minimum absolute atomic E-state index is 0.212. The Bertz CT molecular complexity index is 1020. The van der Waals surface area contributed by atoms with E-state index in [9.17, 15) is 14.0 Å². The number of pyridine rings is 1. The van der Waals surface area contributed by atoms with Gasteiger partial charge in [0.15, 0.2) is 0 Å². The number of benzene rings is 1. The van der Waals surface area contributed by atoms with Crippen molar-refractivity contribution in [2.24, 2.45) is 0 Å². The zero-order valence-corrected chi connectivity index (χ0v) is 17.4. The minimum atomic E-state index is -0.752. The summed E-state index contributed by atoms with van der Waals surface area (Å²) in [7, 11) is 0. The van der Waals surface area contributed by atoms with Crippen molar-refractivity contribution in [3.8, 4) is 0 Å². The molecule has 0 saturated carbocycles. The molecular formula is C23H24FN5O3. The molecule has 1 aliphatic rings. The Hall–Kier alpha value is -3.72. The highest BCUT2D eigenvalue weighted by atomic mass is 19.1. The quantitative estimate of drug-likeness (QED) is 0.576. The third-order valence-corrected chi connectivity index (χ3v) is 5.40. The van der Waals surface area contributed by atoms with Crippen molar-refractivity contribution in [3.63, 3.8) is 0 Å². The highest BCUT2D eigenvalue weighted by molar-refractivity contribution is 6.39. The van der Waals surface area contributed by atoms with Gasteiger partial charge < -0.3 is 20.0 Å². The number of carbonyl (C=O) groups excluding carboxylic acids is 2. The molecule has 1 aliphatic heterocycles. The minimum Gasteiger partial charge on any atom is -0.468 e. The van der Waals surface area contributed by atoms with Gasteiger partial charge in [0.1, 0.15) is 11.6 Å². The monoisotopic (exact) mass is 437 g/mol. The maximum absolute atomic E-state index is 13.2. The van der Waals surface area contributed by atoms with E-state index in [-0.39, 0.29) is 18.4 Å². The number of nitrogens with zero attached hydrogens (tertiary/aromatic N) is 3. The first kappa shape index (κ1) is 21.5. The van der Waals surface area contributed by atoms with Crippen LogP contribution in [0.4, 0.5) is 15.8 Å². The maximum atomic E-state index is 13.2. The van der Waals surface area contributed by atoms with Gasteiger partial charge in [-0.25, -0.2) is 4.39 Å². The normalized spacial score (nSPS) is 15.2. The molecule has 0 aliphatic carbocycles. The summed E-state index contributed by atoms with van der Waals surface area (Å²) in [6.45, 7) is 3.17. The van der Waals surface area contributed by atoms with Crippen LogP contribution in [0.1, 0.15) is 11.8 Å². The van der Waals surface area contributed by atoms with Crippen molar-refractivity contribution in [3.05, 3.63) is 78.8 Å². The number of nitrogens with one attached hydrogen (secondary N) is 2. The molecular weight excluding hydrogens is 413 g/mol. The van der Waals surface area contributed by atoms with Crippen LogP contribution in [0.2, 0.25) is 0 Å². The van der Waals surface area contributed by atoms with Gasteiger partial charge in [0.2, 0.25) is 0 Å². The van der Waals surface area contributed by atoms with Crippen molar-refractivity contribution < 1.29 is 18.4 Å².